The van der Waals surface area contributed by atoms with Gasteiger partial charge in [-0.3, -0.25) is 0 Å². The first-order valence-electron chi connectivity index (χ1n) is 8.54. The van der Waals surface area contributed by atoms with Gasteiger partial charge in [0, 0.05) is 6.42 Å². The van der Waals surface area contributed by atoms with Crippen LogP contribution in [0.2, 0.25) is 0 Å². The Bertz CT molecular complexity index is 969. The van der Waals surface area contributed by atoms with Gasteiger partial charge >= 0.3 is 47.6 Å². The predicted octanol–water partition coefficient (Wildman–Crippen LogP) is 7.83. The van der Waals surface area contributed by atoms with Gasteiger partial charge in [0.05, 0.1) is 12.0 Å². The zero-order valence-electron chi connectivity index (χ0n) is 16.3. The molecular weight excluding hydrogens is 560 g/mol. The molecule has 0 amide bonds. The summed E-state index contributed by atoms with van der Waals surface area (Å²) < 4.78 is 238. The standard InChI is InChI=1S/C17H7F18N/c18-9-3-1-7(2-4-9)8(6-36)5-10(19,20)11(21,22)12(23,24)13(25,26)14(27,28)15(29,30)16(31,32)17(33,34)35/h1-4,8H,5H2/t8-/m0/s1. The minimum absolute atomic E-state index is 0.419. The Morgan fingerprint density at radius 3 is 1.22 bits per heavy atom. The SMILES string of the molecule is N#C[C@H](CC(F)(F)C(F)(F)C(F)(F)C(F)(F)C(F)(F)C(F)(F)C(F)(F)C(F)(F)F)c1ccc(F)cc1. The largest absolute Gasteiger partial charge is 0.460 e. The smallest absolute Gasteiger partial charge is 0.207 e. The molecule has 0 saturated heterocycles. The van der Waals surface area contributed by atoms with E-state index in [1.165, 1.54) is 0 Å². The molecule has 0 unspecified atom stereocenters. The second-order valence-electron chi connectivity index (χ2n) is 7.09. The molecule has 0 aliphatic carbocycles. The van der Waals surface area contributed by atoms with Crippen LogP contribution in [0, 0.1) is 17.1 Å². The Morgan fingerprint density at radius 1 is 0.556 bits per heavy atom. The van der Waals surface area contributed by atoms with Gasteiger partial charge in [0.25, 0.3) is 0 Å². The van der Waals surface area contributed by atoms with Crippen molar-refractivity contribution >= 4 is 0 Å². The summed E-state index contributed by atoms with van der Waals surface area (Å²) in [4.78, 5) is 0. The van der Waals surface area contributed by atoms with Gasteiger partial charge in [-0.25, -0.2) is 4.39 Å². The first kappa shape index (κ1) is 31.5. The highest BCUT2D eigenvalue weighted by molar-refractivity contribution is 5.26. The average Bonchev–Trinajstić information content (AvgIpc) is 2.71. The van der Waals surface area contributed by atoms with E-state index < -0.39 is 71.4 Å². The third kappa shape index (κ3) is 4.40. The van der Waals surface area contributed by atoms with Crippen molar-refractivity contribution in [3.63, 3.8) is 0 Å². The Morgan fingerprint density at radius 2 is 0.889 bits per heavy atom. The monoisotopic (exact) mass is 567 g/mol. The molecule has 19 heteroatoms. The summed E-state index contributed by atoms with van der Waals surface area (Å²) in [5, 5.41) is 8.78. The van der Waals surface area contributed by atoms with Crippen LogP contribution >= 0.6 is 0 Å². The highest BCUT2D eigenvalue weighted by atomic mass is 19.4. The fraction of sp³-hybridized carbons (Fsp3) is 0.588. The second-order valence-corrected chi connectivity index (χ2v) is 7.09. The molecule has 1 atom stereocenters. The predicted molar refractivity (Wildman–Crippen MR) is 80.1 cm³/mol. The molecule has 0 radical (unpaired) electrons. The van der Waals surface area contributed by atoms with Crippen LogP contribution in [-0.4, -0.2) is 47.6 Å². The quantitative estimate of drug-likeness (QED) is 0.279. The number of rotatable bonds is 9. The van der Waals surface area contributed by atoms with Gasteiger partial charge in [-0.15, -0.1) is 0 Å². The van der Waals surface area contributed by atoms with Crippen LogP contribution in [0.1, 0.15) is 17.9 Å². The van der Waals surface area contributed by atoms with Gasteiger partial charge in [-0.05, 0) is 17.7 Å². The number of nitrogens with zero attached hydrogens (tertiary/aromatic N) is 1. The summed E-state index contributed by atoms with van der Waals surface area (Å²) in [7, 11) is 0. The van der Waals surface area contributed by atoms with Crippen LogP contribution in [0.3, 0.4) is 0 Å². The highest BCUT2D eigenvalue weighted by Crippen LogP contribution is 2.64. The summed E-state index contributed by atoms with van der Waals surface area (Å²) in [6.45, 7) is 0. The van der Waals surface area contributed by atoms with Crippen molar-refractivity contribution < 1.29 is 79.0 Å². The van der Waals surface area contributed by atoms with E-state index in [2.05, 4.69) is 0 Å². The molecule has 0 heterocycles. The van der Waals surface area contributed by atoms with Crippen LogP contribution in [0.15, 0.2) is 24.3 Å². The summed E-state index contributed by atoms with van der Waals surface area (Å²) in [6.07, 6.45) is -10.8. The topological polar surface area (TPSA) is 23.8 Å². The lowest BCUT2D eigenvalue weighted by molar-refractivity contribution is -0.461. The van der Waals surface area contributed by atoms with Crippen molar-refractivity contribution in [1.29, 1.82) is 5.26 Å². The molecule has 206 valence electrons. The van der Waals surface area contributed by atoms with E-state index in [1.807, 2.05) is 0 Å². The van der Waals surface area contributed by atoms with Crippen molar-refractivity contribution in [2.45, 2.75) is 60.0 Å². The van der Waals surface area contributed by atoms with Crippen molar-refractivity contribution in [1.82, 2.24) is 0 Å². The van der Waals surface area contributed by atoms with E-state index in [4.69, 9.17) is 5.26 Å². The van der Waals surface area contributed by atoms with E-state index in [9.17, 15) is 79.0 Å². The molecule has 1 aromatic carbocycles. The van der Waals surface area contributed by atoms with Crippen LogP contribution in [0.5, 0.6) is 0 Å². The molecule has 0 N–H and O–H groups in total. The molecule has 1 nitrogen and oxygen atoms in total. The van der Waals surface area contributed by atoms with Crippen LogP contribution < -0.4 is 0 Å². The van der Waals surface area contributed by atoms with Gasteiger partial charge in [-0.1, -0.05) is 12.1 Å². The molecule has 36 heavy (non-hydrogen) atoms. The number of hydrogen-bond donors (Lipinski definition) is 0. The molecule has 0 aliphatic heterocycles. The maximum atomic E-state index is 14.0. The summed E-state index contributed by atoms with van der Waals surface area (Å²) in [6, 6.07) is 2.51. The van der Waals surface area contributed by atoms with Crippen molar-refractivity contribution in [3.05, 3.63) is 35.6 Å². The van der Waals surface area contributed by atoms with Crippen LogP contribution in [0.25, 0.3) is 0 Å². The zero-order valence-corrected chi connectivity index (χ0v) is 16.3. The first-order chi connectivity index (χ1) is 15.7. The van der Waals surface area contributed by atoms with E-state index in [-0.39, 0.29) is 0 Å². The average molecular weight is 567 g/mol. The third-order valence-corrected chi connectivity index (χ3v) is 4.68. The van der Waals surface area contributed by atoms with E-state index in [0.717, 1.165) is 6.07 Å². The van der Waals surface area contributed by atoms with E-state index in [0.29, 0.717) is 24.3 Å². The number of nitriles is 1. The van der Waals surface area contributed by atoms with Gasteiger partial charge < -0.3 is 0 Å². The number of benzene rings is 1. The summed E-state index contributed by atoms with van der Waals surface area (Å²) in [5.41, 5.74) is -0.842. The van der Waals surface area contributed by atoms with Crippen LogP contribution in [-0.2, 0) is 0 Å². The molecule has 0 aromatic heterocycles. The Balaban J connectivity index is 3.58. The Labute approximate surface area is 187 Å². The van der Waals surface area contributed by atoms with Gasteiger partial charge in [0.15, 0.2) is 0 Å². The molecule has 0 aliphatic rings. The van der Waals surface area contributed by atoms with Crippen molar-refractivity contribution in [2.75, 3.05) is 0 Å². The Hall–Kier alpha value is -2.55. The normalized spacial score (nSPS) is 16.0. The van der Waals surface area contributed by atoms with Gasteiger partial charge in [-0.2, -0.15) is 79.9 Å². The van der Waals surface area contributed by atoms with Gasteiger partial charge in [0.2, 0.25) is 0 Å². The van der Waals surface area contributed by atoms with Crippen molar-refractivity contribution in [2.24, 2.45) is 0 Å². The molecule has 0 spiro atoms. The maximum Gasteiger partial charge on any atom is 0.460 e. The molecule has 0 fully saturated rings. The number of alkyl halides is 17. The molecule has 1 aromatic rings. The lowest BCUT2D eigenvalue weighted by atomic mass is 9.85. The minimum Gasteiger partial charge on any atom is -0.207 e. The fourth-order valence-electron chi connectivity index (χ4n) is 2.51. The summed E-state index contributed by atoms with van der Waals surface area (Å²) in [5.74, 6) is -61.0. The number of hydrogen-bond acceptors (Lipinski definition) is 1. The molecular formula is C17H7F18N. The van der Waals surface area contributed by atoms with Crippen molar-refractivity contribution in [3.8, 4) is 6.07 Å². The number of halogens is 18. The first-order valence-corrected chi connectivity index (χ1v) is 8.54. The lowest BCUT2D eigenvalue weighted by Gasteiger charge is -2.43. The Kier molecular flexibility index (Phi) is 7.68. The summed E-state index contributed by atoms with van der Waals surface area (Å²) >= 11 is 0. The molecule has 1 rings (SSSR count). The molecule has 0 bridgehead atoms. The lowest BCUT2D eigenvalue weighted by Crippen LogP contribution is -2.74. The van der Waals surface area contributed by atoms with E-state index in [1.54, 1.807) is 0 Å². The molecule has 0 saturated carbocycles. The fourth-order valence-corrected chi connectivity index (χ4v) is 2.51. The second kappa shape index (κ2) is 8.78. The van der Waals surface area contributed by atoms with Gasteiger partial charge in [0.1, 0.15) is 5.82 Å². The third-order valence-electron chi connectivity index (χ3n) is 4.68. The van der Waals surface area contributed by atoms with Crippen LogP contribution in [0.4, 0.5) is 79.0 Å². The van der Waals surface area contributed by atoms with E-state index >= 15 is 0 Å². The maximum absolute atomic E-state index is 14.0. The minimum atomic E-state index is -8.71. The highest BCUT2D eigenvalue weighted by Gasteiger charge is 2.95. The zero-order chi connectivity index (χ0) is 29.0.